The molecule has 0 aromatic heterocycles. The van der Waals surface area contributed by atoms with E-state index in [1.54, 1.807) is 12.1 Å². The van der Waals surface area contributed by atoms with Crippen LogP contribution in [0.3, 0.4) is 0 Å². The number of rotatable bonds is 2. The second-order valence-electron chi connectivity index (χ2n) is 2.81. The van der Waals surface area contributed by atoms with Gasteiger partial charge in [0, 0.05) is 9.49 Å². The summed E-state index contributed by atoms with van der Waals surface area (Å²) in [5.74, 6) is -0.137. The van der Waals surface area contributed by atoms with Crippen LogP contribution in [0.1, 0.15) is 24.0 Å². The Balaban J connectivity index is 3.17. The maximum atomic E-state index is 10.5. The third-order valence-corrected chi connectivity index (χ3v) is 2.40. The average Bonchev–Trinajstić information content (AvgIpc) is 2.15. The molecule has 1 atom stereocenters. The van der Waals surface area contributed by atoms with Crippen LogP contribution in [-0.4, -0.2) is 6.29 Å². The molecule has 3 heteroatoms. The van der Waals surface area contributed by atoms with Crippen molar-refractivity contribution >= 4 is 28.9 Å². The number of nitrogens with zero attached hydrogens (tertiary/aromatic N) is 1. The zero-order chi connectivity index (χ0) is 9.84. The lowest BCUT2D eigenvalue weighted by atomic mass is 10.0. The van der Waals surface area contributed by atoms with Crippen molar-refractivity contribution in [1.82, 2.24) is 0 Å². The summed E-state index contributed by atoms with van der Waals surface area (Å²) < 4.78 is 0.986. The SMILES string of the molecule is CC(C=O)c1cc(I)cc(C#N)c1. The summed E-state index contributed by atoms with van der Waals surface area (Å²) in [5, 5.41) is 8.70. The molecule has 0 spiro atoms. The van der Waals surface area contributed by atoms with Gasteiger partial charge in [-0.15, -0.1) is 0 Å². The van der Waals surface area contributed by atoms with Crippen LogP contribution >= 0.6 is 22.6 Å². The Labute approximate surface area is 90.7 Å². The summed E-state index contributed by atoms with van der Waals surface area (Å²) in [5.41, 5.74) is 1.51. The molecule has 1 aromatic carbocycles. The fourth-order valence-electron chi connectivity index (χ4n) is 1.02. The Morgan fingerprint density at radius 3 is 2.77 bits per heavy atom. The lowest BCUT2D eigenvalue weighted by molar-refractivity contribution is -0.108. The van der Waals surface area contributed by atoms with Crippen LogP contribution in [0.2, 0.25) is 0 Å². The molecule has 1 rings (SSSR count). The van der Waals surface area contributed by atoms with Crippen LogP contribution in [0.5, 0.6) is 0 Å². The van der Waals surface area contributed by atoms with Gasteiger partial charge < -0.3 is 4.79 Å². The van der Waals surface area contributed by atoms with Crippen molar-refractivity contribution in [2.45, 2.75) is 12.8 Å². The number of carbonyl (C=O) groups is 1. The van der Waals surface area contributed by atoms with Crippen molar-refractivity contribution in [3.63, 3.8) is 0 Å². The van der Waals surface area contributed by atoms with Gasteiger partial charge in [-0.2, -0.15) is 5.26 Å². The minimum absolute atomic E-state index is 0.137. The molecule has 0 fully saturated rings. The first-order valence-electron chi connectivity index (χ1n) is 3.83. The predicted octanol–water partition coefficient (Wildman–Crippen LogP) is 2.47. The Kier molecular flexibility index (Phi) is 3.43. The Morgan fingerprint density at radius 1 is 1.54 bits per heavy atom. The summed E-state index contributed by atoms with van der Waals surface area (Å²) >= 11 is 2.14. The number of carbonyl (C=O) groups excluding carboxylic acids is 1. The van der Waals surface area contributed by atoms with Gasteiger partial charge in [0.25, 0.3) is 0 Å². The molecule has 0 amide bonds. The molecule has 0 aliphatic rings. The van der Waals surface area contributed by atoms with E-state index in [4.69, 9.17) is 5.26 Å². The summed E-state index contributed by atoms with van der Waals surface area (Å²) in [4.78, 5) is 10.5. The monoisotopic (exact) mass is 285 g/mol. The maximum Gasteiger partial charge on any atom is 0.127 e. The quantitative estimate of drug-likeness (QED) is 0.618. The van der Waals surface area contributed by atoms with Gasteiger partial charge in [0.05, 0.1) is 11.6 Å². The van der Waals surface area contributed by atoms with E-state index in [-0.39, 0.29) is 5.92 Å². The molecule has 0 heterocycles. The highest BCUT2D eigenvalue weighted by Crippen LogP contribution is 2.18. The van der Waals surface area contributed by atoms with Gasteiger partial charge >= 0.3 is 0 Å². The minimum Gasteiger partial charge on any atom is -0.303 e. The van der Waals surface area contributed by atoms with Crippen molar-refractivity contribution in [1.29, 1.82) is 5.26 Å². The zero-order valence-electron chi connectivity index (χ0n) is 7.12. The second kappa shape index (κ2) is 4.38. The molecule has 1 aromatic rings. The highest BCUT2D eigenvalue weighted by molar-refractivity contribution is 14.1. The Morgan fingerprint density at radius 2 is 2.23 bits per heavy atom. The smallest absolute Gasteiger partial charge is 0.127 e. The van der Waals surface area contributed by atoms with Crippen LogP contribution in [-0.2, 0) is 4.79 Å². The number of nitriles is 1. The maximum absolute atomic E-state index is 10.5. The molecule has 13 heavy (non-hydrogen) atoms. The molecule has 66 valence electrons. The molecule has 2 nitrogen and oxygen atoms in total. The zero-order valence-corrected chi connectivity index (χ0v) is 9.28. The standard InChI is InChI=1S/C10H8INO/c1-7(6-13)9-2-8(5-12)3-10(11)4-9/h2-4,6-7H,1H3. The van der Waals surface area contributed by atoms with Crippen molar-refractivity contribution in [3.05, 3.63) is 32.9 Å². The molecular formula is C10H8INO. The van der Waals surface area contributed by atoms with Gasteiger partial charge in [-0.3, -0.25) is 0 Å². The third kappa shape index (κ3) is 2.52. The summed E-state index contributed by atoms with van der Waals surface area (Å²) in [7, 11) is 0. The van der Waals surface area contributed by atoms with Crippen LogP contribution in [0.25, 0.3) is 0 Å². The van der Waals surface area contributed by atoms with Crippen molar-refractivity contribution in [2.75, 3.05) is 0 Å². The van der Waals surface area contributed by atoms with Gasteiger partial charge in [0.15, 0.2) is 0 Å². The molecular weight excluding hydrogens is 277 g/mol. The van der Waals surface area contributed by atoms with E-state index in [2.05, 4.69) is 28.7 Å². The van der Waals surface area contributed by atoms with Gasteiger partial charge in [0.2, 0.25) is 0 Å². The van der Waals surface area contributed by atoms with E-state index in [1.165, 1.54) is 0 Å². The van der Waals surface area contributed by atoms with E-state index in [1.807, 2.05) is 13.0 Å². The fraction of sp³-hybridized carbons (Fsp3) is 0.200. The topological polar surface area (TPSA) is 40.9 Å². The molecule has 1 unspecified atom stereocenters. The highest BCUT2D eigenvalue weighted by Gasteiger charge is 2.05. The lowest BCUT2D eigenvalue weighted by Gasteiger charge is -2.04. The first-order chi connectivity index (χ1) is 6.17. The summed E-state index contributed by atoms with van der Waals surface area (Å²) in [6, 6.07) is 7.53. The predicted molar refractivity (Wildman–Crippen MR) is 58.4 cm³/mol. The van der Waals surface area contributed by atoms with Gasteiger partial charge in [-0.25, -0.2) is 0 Å². The molecule has 0 aliphatic heterocycles. The summed E-state index contributed by atoms with van der Waals surface area (Å²) in [6.07, 6.45) is 0.882. The van der Waals surface area contributed by atoms with Crippen LogP contribution in [0.4, 0.5) is 0 Å². The lowest BCUT2D eigenvalue weighted by Crippen LogP contribution is -1.95. The van der Waals surface area contributed by atoms with Gasteiger partial charge in [-0.1, -0.05) is 6.92 Å². The number of hydrogen-bond acceptors (Lipinski definition) is 2. The Hall–Kier alpha value is -0.890. The highest BCUT2D eigenvalue weighted by atomic mass is 127. The van der Waals surface area contributed by atoms with E-state index in [9.17, 15) is 4.79 Å². The molecule has 0 aliphatic carbocycles. The van der Waals surface area contributed by atoms with E-state index < -0.39 is 0 Å². The third-order valence-electron chi connectivity index (χ3n) is 1.78. The first-order valence-corrected chi connectivity index (χ1v) is 4.91. The van der Waals surface area contributed by atoms with Gasteiger partial charge in [-0.05, 0) is 46.4 Å². The molecule has 0 N–H and O–H groups in total. The van der Waals surface area contributed by atoms with Crippen LogP contribution in [0, 0.1) is 14.9 Å². The number of aldehydes is 1. The largest absolute Gasteiger partial charge is 0.303 e. The van der Waals surface area contributed by atoms with Gasteiger partial charge in [0.1, 0.15) is 6.29 Å². The average molecular weight is 285 g/mol. The van der Waals surface area contributed by atoms with Crippen LogP contribution in [0.15, 0.2) is 18.2 Å². The van der Waals surface area contributed by atoms with Crippen LogP contribution < -0.4 is 0 Å². The fourth-order valence-corrected chi connectivity index (χ4v) is 1.71. The molecule has 0 radical (unpaired) electrons. The second-order valence-corrected chi connectivity index (χ2v) is 4.06. The van der Waals surface area contributed by atoms with E-state index in [0.717, 1.165) is 15.4 Å². The van der Waals surface area contributed by atoms with Crippen molar-refractivity contribution in [3.8, 4) is 6.07 Å². The molecule has 0 saturated heterocycles. The number of hydrogen-bond donors (Lipinski definition) is 0. The normalized spacial score (nSPS) is 11.8. The van der Waals surface area contributed by atoms with Crippen molar-refractivity contribution < 1.29 is 4.79 Å². The number of benzene rings is 1. The number of halogens is 1. The molecule has 0 saturated carbocycles. The van der Waals surface area contributed by atoms with E-state index in [0.29, 0.717) is 5.56 Å². The van der Waals surface area contributed by atoms with E-state index >= 15 is 0 Å². The summed E-state index contributed by atoms with van der Waals surface area (Å²) in [6.45, 7) is 1.82. The first kappa shape index (κ1) is 10.2. The molecule has 0 bridgehead atoms. The van der Waals surface area contributed by atoms with Crippen molar-refractivity contribution in [2.24, 2.45) is 0 Å². The Bertz CT molecular complexity index is 368. The minimum atomic E-state index is -0.137.